The van der Waals surface area contributed by atoms with E-state index in [4.69, 9.17) is 30.6 Å². The predicted octanol–water partition coefficient (Wildman–Crippen LogP) is -3.50. The molecule has 0 aromatic rings. The molecule has 89 valence electrons. The first-order valence-corrected chi connectivity index (χ1v) is 3.47. The monoisotopic (exact) mass is 259 g/mol. The van der Waals surface area contributed by atoms with Gasteiger partial charge in [0.05, 0.1) is 6.61 Å². The molecule has 0 aliphatic rings. The van der Waals surface area contributed by atoms with Crippen LogP contribution in [0.1, 0.15) is 0 Å². The van der Waals surface area contributed by atoms with E-state index in [9.17, 15) is 4.79 Å². The molecule has 0 spiro atoms. The Morgan fingerprint density at radius 2 is 1.50 bits per heavy atom. The van der Waals surface area contributed by atoms with Gasteiger partial charge in [0.25, 0.3) is 0 Å². The first-order chi connectivity index (χ1) is 5.91. The van der Waals surface area contributed by atoms with E-state index in [1.165, 1.54) is 0 Å². The van der Waals surface area contributed by atoms with Crippen LogP contribution in [0.2, 0.25) is 0 Å². The summed E-state index contributed by atoms with van der Waals surface area (Å²) < 4.78 is 0. The van der Waals surface area contributed by atoms with Crippen molar-refractivity contribution in [3.8, 4) is 0 Å². The summed E-state index contributed by atoms with van der Waals surface area (Å²) >= 11 is 0. The van der Waals surface area contributed by atoms with Gasteiger partial charge in [-0.1, -0.05) is 0 Å². The molecule has 0 aliphatic heterocycles. The fourth-order valence-corrected chi connectivity index (χ4v) is 0.668. The van der Waals surface area contributed by atoms with Crippen molar-refractivity contribution >= 4 is 5.97 Å². The molecule has 0 fully saturated rings. The molecular formula is C6H12CuO7. The van der Waals surface area contributed by atoms with Crippen LogP contribution in [-0.4, -0.2) is 67.6 Å². The van der Waals surface area contributed by atoms with Gasteiger partial charge in [-0.05, 0) is 0 Å². The van der Waals surface area contributed by atoms with Gasteiger partial charge in [0.15, 0.2) is 6.10 Å². The molecule has 4 atom stereocenters. The van der Waals surface area contributed by atoms with Crippen LogP contribution in [0.25, 0.3) is 0 Å². The number of aliphatic carboxylic acids is 1. The number of hydrogen-bond acceptors (Lipinski definition) is 6. The van der Waals surface area contributed by atoms with E-state index in [-0.39, 0.29) is 17.1 Å². The van der Waals surface area contributed by atoms with Crippen molar-refractivity contribution in [3.05, 3.63) is 0 Å². The van der Waals surface area contributed by atoms with Gasteiger partial charge < -0.3 is 30.6 Å². The van der Waals surface area contributed by atoms with E-state index < -0.39 is 37.0 Å². The van der Waals surface area contributed by atoms with E-state index in [1.807, 2.05) is 0 Å². The molecule has 6 N–H and O–H groups in total. The molecule has 0 aromatic carbocycles. The van der Waals surface area contributed by atoms with Crippen molar-refractivity contribution in [2.24, 2.45) is 0 Å². The van der Waals surface area contributed by atoms with Crippen LogP contribution in [0.15, 0.2) is 0 Å². The molecule has 0 rings (SSSR count). The van der Waals surface area contributed by atoms with Crippen molar-refractivity contribution in [1.29, 1.82) is 0 Å². The number of aliphatic hydroxyl groups excluding tert-OH is 5. The molecule has 0 bridgehead atoms. The van der Waals surface area contributed by atoms with E-state index in [0.717, 1.165) is 0 Å². The maximum Gasteiger partial charge on any atom is 0.335 e. The van der Waals surface area contributed by atoms with Gasteiger partial charge in [-0.25, -0.2) is 4.79 Å². The largest absolute Gasteiger partial charge is 0.479 e. The third-order valence-corrected chi connectivity index (χ3v) is 1.51. The average molecular weight is 260 g/mol. The minimum atomic E-state index is -2.20. The molecule has 0 amide bonds. The van der Waals surface area contributed by atoms with Gasteiger partial charge >= 0.3 is 5.97 Å². The SMILES string of the molecule is O=C(O)[C@H](O)[C@@H](O)[C@H](O)[C@H](O)CO.[Cu]. The fourth-order valence-electron chi connectivity index (χ4n) is 0.668. The van der Waals surface area contributed by atoms with Crippen LogP contribution < -0.4 is 0 Å². The molecule has 0 saturated heterocycles. The van der Waals surface area contributed by atoms with Crippen LogP contribution in [0.3, 0.4) is 0 Å². The van der Waals surface area contributed by atoms with Gasteiger partial charge in [0.1, 0.15) is 18.3 Å². The summed E-state index contributed by atoms with van der Waals surface area (Å²) in [7, 11) is 0. The quantitative estimate of drug-likeness (QED) is 0.282. The van der Waals surface area contributed by atoms with Crippen molar-refractivity contribution in [1.82, 2.24) is 0 Å². The van der Waals surface area contributed by atoms with E-state index >= 15 is 0 Å². The minimum absolute atomic E-state index is 0. The smallest absolute Gasteiger partial charge is 0.335 e. The number of hydrogen-bond donors (Lipinski definition) is 6. The third-order valence-electron chi connectivity index (χ3n) is 1.51. The summed E-state index contributed by atoms with van der Waals surface area (Å²) in [4.78, 5) is 10.1. The first kappa shape index (κ1) is 16.2. The van der Waals surface area contributed by atoms with E-state index in [0.29, 0.717) is 0 Å². The Balaban J connectivity index is 0. The van der Waals surface area contributed by atoms with E-state index in [2.05, 4.69) is 0 Å². The summed E-state index contributed by atoms with van der Waals surface area (Å²) in [6, 6.07) is 0. The number of carboxylic acid groups (broad SMARTS) is 1. The number of carboxylic acids is 1. The molecule has 0 saturated carbocycles. The van der Waals surface area contributed by atoms with Crippen LogP contribution in [-0.2, 0) is 21.9 Å². The van der Waals surface area contributed by atoms with Crippen LogP contribution in [0, 0.1) is 0 Å². The van der Waals surface area contributed by atoms with Gasteiger partial charge in [-0.15, -0.1) is 0 Å². The maximum atomic E-state index is 10.1. The molecule has 7 nitrogen and oxygen atoms in total. The topological polar surface area (TPSA) is 138 Å². The zero-order valence-corrected chi connectivity index (χ0v) is 7.85. The summed E-state index contributed by atoms with van der Waals surface area (Å²) in [5.41, 5.74) is 0. The zero-order chi connectivity index (χ0) is 10.6. The van der Waals surface area contributed by atoms with Crippen molar-refractivity contribution in [2.75, 3.05) is 6.61 Å². The van der Waals surface area contributed by atoms with Crippen LogP contribution >= 0.6 is 0 Å². The number of carbonyl (C=O) groups is 1. The number of aliphatic hydroxyl groups is 5. The second kappa shape index (κ2) is 7.13. The van der Waals surface area contributed by atoms with Gasteiger partial charge in [0.2, 0.25) is 0 Å². The van der Waals surface area contributed by atoms with Gasteiger partial charge in [-0.2, -0.15) is 0 Å². The minimum Gasteiger partial charge on any atom is -0.479 e. The summed E-state index contributed by atoms with van der Waals surface area (Å²) in [5.74, 6) is -1.73. The standard InChI is InChI=1S/C6H12O7.Cu/c7-1-2(8)3(9)4(10)5(11)6(12)13;/h2-5,7-11H,1H2,(H,12,13);/t2-,3-,4+,5-;/m1./s1. The molecule has 0 heterocycles. The Morgan fingerprint density at radius 1 is 1.07 bits per heavy atom. The Kier molecular flexibility index (Phi) is 8.27. The fraction of sp³-hybridized carbons (Fsp3) is 0.833. The second-order valence-corrected chi connectivity index (χ2v) is 2.51. The zero-order valence-electron chi connectivity index (χ0n) is 6.91. The molecule has 1 radical (unpaired) electrons. The van der Waals surface area contributed by atoms with Gasteiger partial charge in [0, 0.05) is 17.1 Å². The predicted molar refractivity (Wildman–Crippen MR) is 38.7 cm³/mol. The summed E-state index contributed by atoms with van der Waals surface area (Å²) in [5, 5.41) is 51.8. The van der Waals surface area contributed by atoms with Crippen molar-refractivity contribution in [2.45, 2.75) is 24.4 Å². The Hall–Kier alpha value is -0.211. The second-order valence-electron chi connectivity index (χ2n) is 2.51. The molecular weight excluding hydrogens is 248 g/mol. The summed E-state index contributed by atoms with van der Waals surface area (Å²) in [6.45, 7) is -0.843. The molecule has 0 aromatic heterocycles. The molecule has 8 heteroatoms. The third kappa shape index (κ3) is 4.34. The Morgan fingerprint density at radius 3 is 1.79 bits per heavy atom. The van der Waals surface area contributed by atoms with Crippen LogP contribution in [0.4, 0.5) is 0 Å². The number of rotatable bonds is 5. The van der Waals surface area contributed by atoms with Gasteiger partial charge in [-0.3, -0.25) is 0 Å². The van der Waals surface area contributed by atoms with E-state index in [1.54, 1.807) is 0 Å². The molecule has 0 unspecified atom stereocenters. The van der Waals surface area contributed by atoms with Crippen molar-refractivity contribution in [3.63, 3.8) is 0 Å². The summed E-state index contributed by atoms with van der Waals surface area (Å²) in [6.07, 6.45) is -7.84. The first-order valence-electron chi connectivity index (χ1n) is 3.47. The maximum absolute atomic E-state index is 10.1. The Labute approximate surface area is 90.1 Å². The Bertz CT molecular complexity index is 176. The average Bonchev–Trinajstić information content (AvgIpc) is 2.12. The van der Waals surface area contributed by atoms with Crippen LogP contribution in [0.5, 0.6) is 0 Å². The normalized spacial score (nSPS) is 18.9. The molecule has 0 aliphatic carbocycles. The molecule has 14 heavy (non-hydrogen) atoms. The van der Waals surface area contributed by atoms with Crippen molar-refractivity contribution < 1.29 is 52.5 Å².